The van der Waals surface area contributed by atoms with Crippen LogP contribution in [-0.4, -0.2) is 40.5 Å². The zero-order valence-electron chi connectivity index (χ0n) is 16.5. The number of allylic oxidation sites excluding steroid dienone is 1. The molecular weight excluding hydrogens is 409 g/mol. The highest BCUT2D eigenvalue weighted by Gasteiger charge is 2.32. The van der Waals surface area contributed by atoms with Crippen LogP contribution in [0.4, 0.5) is 13.2 Å². The molecule has 0 unspecified atom stereocenters. The number of aliphatic hydroxyl groups excluding tert-OH is 1. The van der Waals surface area contributed by atoms with Crippen LogP contribution in [-0.2, 0) is 9.59 Å². The van der Waals surface area contributed by atoms with E-state index < -0.39 is 40.8 Å². The summed E-state index contributed by atoms with van der Waals surface area (Å²) in [4.78, 5) is 25.4. The predicted octanol–water partition coefficient (Wildman–Crippen LogP) is 4.28. The predicted molar refractivity (Wildman–Crippen MR) is 108 cm³/mol. The van der Waals surface area contributed by atoms with Crippen LogP contribution in [0.25, 0.3) is 0 Å². The number of likely N-dealkylation sites (tertiary alicyclic amines) is 1. The Kier molecular flexibility index (Phi) is 6.89. The molecule has 0 saturated carbocycles. The molecule has 2 N–H and O–H groups in total. The number of nitrogens with one attached hydrogen (secondary N) is 1. The van der Waals surface area contributed by atoms with Crippen molar-refractivity contribution >= 4 is 17.9 Å². The number of halogens is 3. The molecule has 0 bridgehead atoms. The van der Waals surface area contributed by atoms with Gasteiger partial charge in [-0.15, -0.1) is 0 Å². The minimum absolute atomic E-state index is 0.227. The fourth-order valence-corrected chi connectivity index (χ4v) is 3.91. The van der Waals surface area contributed by atoms with Crippen LogP contribution in [0.5, 0.6) is 0 Å². The second kappa shape index (κ2) is 9.59. The van der Waals surface area contributed by atoms with Crippen LogP contribution < -0.4 is 0 Å². The number of ketones is 1. The fraction of sp³-hybridized carbons (Fsp3) is 0.261. The van der Waals surface area contributed by atoms with Gasteiger partial charge in [0.25, 0.3) is 5.91 Å². The molecule has 2 aromatic rings. The van der Waals surface area contributed by atoms with Crippen LogP contribution in [0.3, 0.4) is 0 Å². The van der Waals surface area contributed by atoms with E-state index in [1.165, 1.54) is 35.2 Å². The molecule has 1 heterocycles. The largest absolute Gasteiger partial charge is 0.504 e. The third kappa shape index (κ3) is 5.20. The summed E-state index contributed by atoms with van der Waals surface area (Å²) < 4.78 is 41.5. The van der Waals surface area contributed by atoms with Gasteiger partial charge in [0.2, 0.25) is 5.78 Å². The van der Waals surface area contributed by atoms with Crippen molar-refractivity contribution < 1.29 is 27.9 Å². The minimum Gasteiger partial charge on any atom is -0.504 e. The molecule has 2 aromatic carbocycles. The Hall–Kier alpha value is -3.42. The maximum absolute atomic E-state index is 14.6. The van der Waals surface area contributed by atoms with E-state index in [1.807, 2.05) is 0 Å². The average Bonchev–Trinajstić information content (AvgIpc) is 3.21. The van der Waals surface area contributed by atoms with Crippen molar-refractivity contribution in [3.05, 3.63) is 82.9 Å². The van der Waals surface area contributed by atoms with Crippen LogP contribution >= 0.6 is 0 Å². The summed E-state index contributed by atoms with van der Waals surface area (Å²) >= 11 is 0. The molecule has 31 heavy (non-hydrogen) atoms. The van der Waals surface area contributed by atoms with E-state index >= 15 is 0 Å². The third-order valence-corrected chi connectivity index (χ3v) is 5.42. The SMILES string of the molecule is N=CC(=O)/C(O)=C/C(=O)N1CCC[C@@H]1C[C@H](c1ccc(F)cc1)c1ccc(F)cc1F. The number of amides is 1. The van der Waals surface area contributed by atoms with Gasteiger partial charge in [-0.05, 0) is 48.6 Å². The van der Waals surface area contributed by atoms with Gasteiger partial charge in [-0.3, -0.25) is 9.59 Å². The molecule has 1 amide bonds. The highest BCUT2D eigenvalue weighted by atomic mass is 19.1. The first-order valence-corrected chi connectivity index (χ1v) is 9.76. The average molecular weight is 430 g/mol. The minimum atomic E-state index is -0.985. The molecule has 1 fully saturated rings. The van der Waals surface area contributed by atoms with Crippen molar-refractivity contribution in [3.63, 3.8) is 0 Å². The van der Waals surface area contributed by atoms with Gasteiger partial charge >= 0.3 is 0 Å². The summed E-state index contributed by atoms with van der Waals surface area (Å²) in [6, 6.07) is 8.50. The molecule has 2 atom stereocenters. The summed E-state index contributed by atoms with van der Waals surface area (Å²) in [5, 5.41) is 16.5. The van der Waals surface area contributed by atoms with Gasteiger partial charge in [0.05, 0.1) is 6.21 Å². The Morgan fingerprint density at radius 1 is 1.13 bits per heavy atom. The second-order valence-electron chi connectivity index (χ2n) is 7.37. The number of carbonyl (C=O) groups is 2. The quantitative estimate of drug-likeness (QED) is 0.391. The van der Waals surface area contributed by atoms with Crippen LogP contribution in [0.15, 0.2) is 54.3 Å². The number of benzene rings is 2. The maximum atomic E-state index is 14.6. The molecule has 8 heteroatoms. The highest BCUT2D eigenvalue weighted by molar-refractivity contribution is 6.33. The molecule has 162 valence electrons. The summed E-state index contributed by atoms with van der Waals surface area (Å²) in [5.41, 5.74) is 0.841. The van der Waals surface area contributed by atoms with E-state index in [2.05, 4.69) is 0 Å². The topological polar surface area (TPSA) is 81.5 Å². The van der Waals surface area contributed by atoms with E-state index in [0.717, 1.165) is 18.2 Å². The van der Waals surface area contributed by atoms with Crippen molar-refractivity contribution in [1.82, 2.24) is 4.90 Å². The van der Waals surface area contributed by atoms with E-state index in [0.29, 0.717) is 31.2 Å². The normalized spacial score (nSPS) is 17.5. The summed E-state index contributed by atoms with van der Waals surface area (Å²) in [5.74, 6) is -4.87. The van der Waals surface area contributed by atoms with Gasteiger partial charge in [0.1, 0.15) is 17.5 Å². The van der Waals surface area contributed by atoms with Crippen molar-refractivity contribution in [2.24, 2.45) is 0 Å². The molecule has 1 aliphatic heterocycles. The molecule has 5 nitrogen and oxygen atoms in total. The fourth-order valence-electron chi connectivity index (χ4n) is 3.91. The lowest BCUT2D eigenvalue weighted by Gasteiger charge is -2.28. The van der Waals surface area contributed by atoms with E-state index in [4.69, 9.17) is 5.41 Å². The molecular formula is C23H21F3N2O3. The molecule has 0 spiro atoms. The maximum Gasteiger partial charge on any atom is 0.250 e. The number of Topliss-reactive ketones (excluding diaryl/α,β-unsaturated/α-hetero) is 1. The number of rotatable bonds is 7. The number of aliphatic hydroxyl groups is 1. The van der Waals surface area contributed by atoms with Crippen molar-refractivity contribution in [2.75, 3.05) is 6.54 Å². The second-order valence-corrected chi connectivity index (χ2v) is 7.37. The zero-order valence-corrected chi connectivity index (χ0v) is 16.5. The standard InChI is InChI=1S/C23H21F3N2O3/c24-15-5-3-14(4-6-15)19(18-8-7-16(25)10-20(18)26)11-17-2-1-9-28(17)23(31)12-21(29)22(30)13-27/h3-8,10,12-13,17,19,27,29H,1-2,9,11H2/b21-12-,27-13?/t17-,19-/m1/s1. The van der Waals surface area contributed by atoms with Gasteiger partial charge in [0, 0.05) is 30.6 Å². The first-order chi connectivity index (χ1) is 14.8. The zero-order chi connectivity index (χ0) is 22.5. The summed E-state index contributed by atoms with van der Waals surface area (Å²) in [6.07, 6.45) is 2.75. The Balaban J connectivity index is 1.91. The van der Waals surface area contributed by atoms with Crippen molar-refractivity contribution in [3.8, 4) is 0 Å². The highest BCUT2D eigenvalue weighted by Crippen LogP contribution is 2.35. The van der Waals surface area contributed by atoms with Crippen molar-refractivity contribution in [1.29, 1.82) is 5.41 Å². The molecule has 0 aliphatic carbocycles. The molecule has 3 rings (SSSR count). The monoisotopic (exact) mass is 430 g/mol. The molecule has 0 aromatic heterocycles. The Bertz CT molecular complexity index is 1020. The smallest absolute Gasteiger partial charge is 0.250 e. The summed E-state index contributed by atoms with van der Waals surface area (Å²) in [7, 11) is 0. The third-order valence-electron chi connectivity index (χ3n) is 5.42. The van der Waals surface area contributed by atoms with Gasteiger partial charge in [-0.2, -0.15) is 0 Å². The van der Waals surface area contributed by atoms with Crippen LogP contribution in [0.1, 0.15) is 36.3 Å². The lowest BCUT2D eigenvalue weighted by atomic mass is 9.85. The Labute approximate surface area is 177 Å². The van der Waals surface area contributed by atoms with E-state index in [9.17, 15) is 27.9 Å². The number of hydrogen-bond donors (Lipinski definition) is 2. The van der Waals surface area contributed by atoms with Crippen LogP contribution in [0, 0.1) is 22.9 Å². The van der Waals surface area contributed by atoms with Gasteiger partial charge in [0.15, 0.2) is 5.76 Å². The first-order valence-electron chi connectivity index (χ1n) is 9.76. The van der Waals surface area contributed by atoms with Gasteiger partial charge < -0.3 is 15.4 Å². The lowest BCUT2D eigenvalue weighted by Crippen LogP contribution is -2.36. The Morgan fingerprint density at radius 2 is 1.81 bits per heavy atom. The van der Waals surface area contributed by atoms with Gasteiger partial charge in [-0.25, -0.2) is 13.2 Å². The first kappa shape index (κ1) is 22.3. The van der Waals surface area contributed by atoms with Gasteiger partial charge in [-0.1, -0.05) is 18.2 Å². The van der Waals surface area contributed by atoms with E-state index in [1.54, 1.807) is 0 Å². The van der Waals surface area contributed by atoms with Crippen molar-refractivity contribution in [2.45, 2.75) is 31.2 Å². The number of hydrogen-bond acceptors (Lipinski definition) is 4. The Morgan fingerprint density at radius 3 is 2.45 bits per heavy atom. The number of nitrogens with zero attached hydrogens (tertiary/aromatic N) is 1. The molecule has 1 saturated heterocycles. The summed E-state index contributed by atoms with van der Waals surface area (Å²) in [6.45, 7) is 0.383. The van der Waals surface area contributed by atoms with E-state index in [-0.39, 0.29) is 18.0 Å². The van der Waals surface area contributed by atoms with Crippen LogP contribution in [0.2, 0.25) is 0 Å². The molecule has 0 radical (unpaired) electrons. The lowest BCUT2D eigenvalue weighted by molar-refractivity contribution is -0.127. The molecule has 1 aliphatic rings. The number of carbonyl (C=O) groups excluding carboxylic acids is 2.